The van der Waals surface area contributed by atoms with Crippen molar-refractivity contribution >= 4 is 27.3 Å². The van der Waals surface area contributed by atoms with Gasteiger partial charge in [0.1, 0.15) is 0 Å². The Hall–Kier alpha value is -2.45. The van der Waals surface area contributed by atoms with E-state index in [0.717, 1.165) is 47.5 Å². The van der Waals surface area contributed by atoms with Crippen LogP contribution in [0.4, 0.5) is 5.13 Å². The zero-order valence-corrected chi connectivity index (χ0v) is 15.6. The summed E-state index contributed by atoms with van der Waals surface area (Å²) in [5.74, 6) is 0.0745. The molecular weight excluding hydrogens is 348 g/mol. The molecule has 0 aliphatic carbocycles. The number of piperazine rings is 1. The minimum Gasteiger partial charge on any atom is -0.351 e. The topological polar surface area (TPSA) is 65.8 Å². The highest BCUT2D eigenvalue weighted by Crippen LogP contribution is 2.24. The molecule has 1 amide bonds. The number of aromatic nitrogens is 3. The van der Waals surface area contributed by atoms with Gasteiger partial charge in [-0.15, -0.1) is 5.10 Å². The van der Waals surface area contributed by atoms with Crippen LogP contribution < -0.4 is 10.2 Å². The number of rotatable bonds is 5. The number of nitrogens with one attached hydrogen (secondary N) is 1. The van der Waals surface area contributed by atoms with Gasteiger partial charge in [0.05, 0.1) is 18.4 Å². The number of carbonyl (C=O) groups is 1. The molecule has 3 aromatic rings. The smallest absolute Gasteiger partial charge is 0.234 e. The molecule has 1 aromatic carbocycles. The third-order valence-corrected chi connectivity index (χ3v) is 5.48. The van der Waals surface area contributed by atoms with Crippen molar-refractivity contribution in [1.82, 2.24) is 24.8 Å². The molecule has 0 bridgehead atoms. The van der Waals surface area contributed by atoms with Crippen molar-refractivity contribution in [3.8, 4) is 0 Å². The number of anilines is 1. The van der Waals surface area contributed by atoms with E-state index >= 15 is 0 Å². The summed E-state index contributed by atoms with van der Waals surface area (Å²) in [5.41, 5.74) is 2.11. The number of fused-ring (bicyclic) bond motifs is 1. The van der Waals surface area contributed by atoms with Crippen LogP contribution in [0, 0.1) is 6.92 Å². The average Bonchev–Trinajstić information content (AvgIpc) is 3.19. The fourth-order valence-corrected chi connectivity index (χ4v) is 4.06. The van der Waals surface area contributed by atoms with E-state index in [2.05, 4.69) is 25.2 Å². The predicted octanol–water partition coefficient (Wildman–Crippen LogP) is 1.54. The van der Waals surface area contributed by atoms with E-state index in [0.29, 0.717) is 13.1 Å². The highest BCUT2D eigenvalue weighted by atomic mass is 32.1. The summed E-state index contributed by atoms with van der Waals surface area (Å²) in [4.78, 5) is 22.0. The molecule has 2 aromatic heterocycles. The molecule has 4 rings (SSSR count). The van der Waals surface area contributed by atoms with Gasteiger partial charge in [-0.2, -0.15) is 0 Å². The molecule has 0 saturated carbocycles. The first kappa shape index (κ1) is 17.0. The van der Waals surface area contributed by atoms with Crippen LogP contribution in [0.1, 0.15) is 11.3 Å². The van der Waals surface area contributed by atoms with E-state index < -0.39 is 0 Å². The highest BCUT2D eigenvalue weighted by molar-refractivity contribution is 7.20. The molecule has 1 N–H and O–H groups in total. The Labute approximate surface area is 156 Å². The summed E-state index contributed by atoms with van der Waals surface area (Å²) in [6, 6.07) is 9.98. The predicted molar refractivity (Wildman–Crippen MR) is 103 cm³/mol. The lowest BCUT2D eigenvalue weighted by Crippen LogP contribution is -2.49. The zero-order chi connectivity index (χ0) is 17.9. The standard InChI is InChI=1S/C18H22N6OS/c1-14-12-24-17(20-14)26-18(21-24)23-9-7-22(8-10-23)13-16(25)19-11-15-5-3-2-4-6-15/h2-6,12H,7-11,13H2,1H3,(H,19,25). The number of imidazole rings is 1. The summed E-state index contributed by atoms with van der Waals surface area (Å²) in [7, 11) is 0. The maximum Gasteiger partial charge on any atom is 0.234 e. The first-order valence-corrected chi connectivity index (χ1v) is 9.60. The number of hydrogen-bond acceptors (Lipinski definition) is 6. The first-order chi connectivity index (χ1) is 12.7. The second kappa shape index (κ2) is 7.43. The molecule has 0 atom stereocenters. The van der Waals surface area contributed by atoms with E-state index in [-0.39, 0.29) is 5.91 Å². The summed E-state index contributed by atoms with van der Waals surface area (Å²) in [6.45, 7) is 6.48. The van der Waals surface area contributed by atoms with Gasteiger partial charge in [0.15, 0.2) is 0 Å². The van der Waals surface area contributed by atoms with E-state index in [4.69, 9.17) is 0 Å². The normalized spacial score (nSPS) is 15.5. The Bertz CT molecular complexity index is 850. The fraction of sp³-hybridized carbons (Fsp3) is 0.389. The molecule has 136 valence electrons. The van der Waals surface area contributed by atoms with Gasteiger partial charge >= 0.3 is 0 Å². The number of hydrogen-bond donors (Lipinski definition) is 1. The molecule has 8 heteroatoms. The maximum atomic E-state index is 12.2. The third-order valence-electron chi connectivity index (χ3n) is 4.50. The van der Waals surface area contributed by atoms with E-state index in [1.807, 2.05) is 48.0 Å². The van der Waals surface area contributed by atoms with Crippen molar-refractivity contribution in [2.24, 2.45) is 0 Å². The van der Waals surface area contributed by atoms with E-state index in [1.165, 1.54) is 0 Å². The molecule has 0 unspecified atom stereocenters. The van der Waals surface area contributed by atoms with Crippen LogP contribution in [0.5, 0.6) is 0 Å². The molecule has 1 saturated heterocycles. The number of benzene rings is 1. The molecule has 0 spiro atoms. The van der Waals surface area contributed by atoms with Gasteiger partial charge in [0.2, 0.25) is 16.0 Å². The average molecular weight is 370 g/mol. The molecule has 3 heterocycles. The first-order valence-electron chi connectivity index (χ1n) is 8.78. The van der Waals surface area contributed by atoms with Crippen LogP contribution in [0.3, 0.4) is 0 Å². The SMILES string of the molecule is Cc1cn2nc(N3CCN(CC(=O)NCc4ccccc4)CC3)sc2n1. The van der Waals surface area contributed by atoms with Gasteiger partial charge in [-0.1, -0.05) is 41.7 Å². The molecule has 0 radical (unpaired) electrons. The Morgan fingerprint density at radius 3 is 2.69 bits per heavy atom. The third kappa shape index (κ3) is 3.86. The fourth-order valence-electron chi connectivity index (χ4n) is 3.08. The van der Waals surface area contributed by atoms with E-state index in [9.17, 15) is 4.79 Å². The van der Waals surface area contributed by atoms with Crippen LogP contribution in [-0.4, -0.2) is 58.1 Å². The Morgan fingerprint density at radius 1 is 1.19 bits per heavy atom. The molecule has 1 fully saturated rings. The molecule has 1 aliphatic heterocycles. The van der Waals surface area contributed by atoms with Crippen LogP contribution in [-0.2, 0) is 11.3 Å². The number of amides is 1. The van der Waals surface area contributed by atoms with Crippen LogP contribution in [0.2, 0.25) is 0 Å². The minimum absolute atomic E-state index is 0.0745. The van der Waals surface area contributed by atoms with E-state index in [1.54, 1.807) is 11.3 Å². The molecule has 1 aliphatic rings. The van der Waals surface area contributed by atoms with Crippen molar-refractivity contribution in [1.29, 1.82) is 0 Å². The van der Waals surface area contributed by atoms with Gasteiger partial charge in [-0.05, 0) is 12.5 Å². The summed E-state index contributed by atoms with van der Waals surface area (Å²) in [5, 5.41) is 8.60. The second-order valence-corrected chi connectivity index (χ2v) is 7.45. The minimum atomic E-state index is 0.0745. The Balaban J connectivity index is 1.25. The Morgan fingerprint density at radius 2 is 1.96 bits per heavy atom. The lowest BCUT2D eigenvalue weighted by Gasteiger charge is -2.33. The Kier molecular flexibility index (Phi) is 4.85. The molecular formula is C18H22N6OS. The van der Waals surface area contributed by atoms with Crippen molar-refractivity contribution in [3.05, 3.63) is 47.8 Å². The lowest BCUT2D eigenvalue weighted by molar-refractivity contribution is -0.122. The maximum absolute atomic E-state index is 12.2. The van der Waals surface area contributed by atoms with Crippen molar-refractivity contribution in [3.63, 3.8) is 0 Å². The van der Waals surface area contributed by atoms with Gasteiger partial charge in [-0.25, -0.2) is 9.50 Å². The van der Waals surface area contributed by atoms with Crippen molar-refractivity contribution < 1.29 is 4.79 Å². The molecule has 26 heavy (non-hydrogen) atoms. The monoisotopic (exact) mass is 370 g/mol. The summed E-state index contributed by atoms with van der Waals surface area (Å²) >= 11 is 1.61. The molecule has 7 nitrogen and oxygen atoms in total. The summed E-state index contributed by atoms with van der Waals surface area (Å²) in [6.07, 6.45) is 1.95. The van der Waals surface area contributed by atoms with Gasteiger partial charge < -0.3 is 10.2 Å². The lowest BCUT2D eigenvalue weighted by atomic mass is 10.2. The van der Waals surface area contributed by atoms with Gasteiger partial charge in [0.25, 0.3) is 0 Å². The van der Waals surface area contributed by atoms with Gasteiger partial charge in [-0.3, -0.25) is 9.69 Å². The second-order valence-electron chi connectivity index (χ2n) is 6.52. The quantitative estimate of drug-likeness (QED) is 0.738. The largest absolute Gasteiger partial charge is 0.351 e. The zero-order valence-electron chi connectivity index (χ0n) is 14.8. The van der Waals surface area contributed by atoms with Crippen LogP contribution in [0.25, 0.3) is 4.96 Å². The van der Waals surface area contributed by atoms with Crippen molar-refractivity contribution in [2.75, 3.05) is 37.6 Å². The summed E-state index contributed by atoms with van der Waals surface area (Å²) < 4.78 is 1.85. The van der Waals surface area contributed by atoms with Gasteiger partial charge in [0, 0.05) is 32.7 Å². The number of aryl methyl sites for hydroxylation is 1. The number of carbonyl (C=O) groups excluding carboxylic acids is 1. The highest BCUT2D eigenvalue weighted by Gasteiger charge is 2.21. The van der Waals surface area contributed by atoms with Crippen LogP contribution >= 0.6 is 11.3 Å². The van der Waals surface area contributed by atoms with Crippen LogP contribution in [0.15, 0.2) is 36.5 Å². The van der Waals surface area contributed by atoms with Crippen molar-refractivity contribution in [2.45, 2.75) is 13.5 Å². The number of nitrogens with zero attached hydrogens (tertiary/aromatic N) is 5.